The number of hydrogen-bond acceptors (Lipinski definition) is 2. The van der Waals surface area contributed by atoms with Crippen molar-refractivity contribution in [2.45, 2.75) is 13.0 Å². The minimum absolute atomic E-state index is 0.294. The molecule has 2 atom stereocenters. The lowest BCUT2D eigenvalue weighted by molar-refractivity contribution is 0.261. The first-order chi connectivity index (χ1) is 6.36. The molecule has 1 saturated heterocycles. The van der Waals surface area contributed by atoms with Gasteiger partial charge in [-0.1, -0.05) is 24.3 Å². The van der Waals surface area contributed by atoms with Crippen LogP contribution in [-0.2, 0) is 4.52 Å². The Hall–Kier alpha value is -0.430. The molecule has 2 nitrogen and oxygen atoms in total. The molecule has 0 spiro atoms. The van der Waals surface area contributed by atoms with Crippen molar-refractivity contribution in [1.29, 1.82) is 0 Å². The molecule has 0 radical (unpaired) electrons. The fourth-order valence-corrected chi connectivity index (χ4v) is 3.82. The van der Waals surface area contributed by atoms with Gasteiger partial charge in [0.2, 0.25) is 0 Å². The van der Waals surface area contributed by atoms with Gasteiger partial charge in [-0.2, -0.15) is 0 Å². The molecule has 2 aliphatic rings. The lowest BCUT2D eigenvalue weighted by Gasteiger charge is -2.11. The van der Waals surface area contributed by atoms with E-state index in [0.29, 0.717) is 6.10 Å². The Bertz CT molecular complexity index is 337. The summed E-state index contributed by atoms with van der Waals surface area (Å²) in [6.45, 7) is 4.57. The molecule has 0 saturated carbocycles. The van der Waals surface area contributed by atoms with Crippen LogP contribution < -0.4 is 5.30 Å². The Balaban J connectivity index is 2.03. The molecule has 0 bridgehead atoms. The second-order valence-corrected chi connectivity index (χ2v) is 5.34. The third kappa shape index (κ3) is 1.21. The van der Waals surface area contributed by atoms with Gasteiger partial charge in [-0.05, 0) is 12.5 Å². The Morgan fingerprint density at radius 1 is 1.38 bits per heavy atom. The fourth-order valence-electron chi connectivity index (χ4n) is 1.71. The zero-order valence-corrected chi connectivity index (χ0v) is 8.50. The Morgan fingerprint density at radius 2 is 2.15 bits per heavy atom. The molecule has 3 rings (SSSR count). The van der Waals surface area contributed by atoms with Gasteiger partial charge in [0.25, 0.3) is 0 Å². The van der Waals surface area contributed by atoms with E-state index in [1.54, 1.807) is 0 Å². The number of nitrogens with zero attached hydrogens (tertiary/aromatic N) is 1. The first-order valence-electron chi connectivity index (χ1n) is 4.67. The van der Waals surface area contributed by atoms with Crippen molar-refractivity contribution in [3.63, 3.8) is 0 Å². The highest BCUT2D eigenvalue weighted by molar-refractivity contribution is 7.59. The van der Waals surface area contributed by atoms with Crippen LogP contribution >= 0.6 is 8.30 Å². The van der Waals surface area contributed by atoms with Crippen LogP contribution in [0.1, 0.15) is 18.6 Å². The van der Waals surface area contributed by atoms with Crippen LogP contribution in [-0.4, -0.2) is 17.8 Å². The largest absolute Gasteiger partial charge is 0.332 e. The topological polar surface area (TPSA) is 12.2 Å². The van der Waals surface area contributed by atoms with E-state index in [2.05, 4.69) is 35.9 Å². The predicted molar refractivity (Wildman–Crippen MR) is 54.1 cm³/mol. The third-order valence-corrected chi connectivity index (χ3v) is 4.77. The lowest BCUT2D eigenvalue weighted by Crippen LogP contribution is -2.04. The van der Waals surface area contributed by atoms with Gasteiger partial charge in [-0.3, -0.25) is 4.67 Å². The van der Waals surface area contributed by atoms with Crippen LogP contribution in [0, 0.1) is 0 Å². The smallest absolute Gasteiger partial charge is 0.138 e. The number of rotatable bonds is 1. The number of fused-ring (bicyclic) bond motifs is 1. The van der Waals surface area contributed by atoms with Crippen molar-refractivity contribution in [3.05, 3.63) is 29.8 Å². The normalized spacial score (nSPS) is 31.8. The summed E-state index contributed by atoms with van der Waals surface area (Å²) in [5.74, 6) is 0. The van der Waals surface area contributed by atoms with Crippen molar-refractivity contribution in [1.82, 2.24) is 4.67 Å². The monoisotopic (exact) mass is 193 g/mol. The summed E-state index contributed by atoms with van der Waals surface area (Å²) in [5, 5.41) is 1.43. The van der Waals surface area contributed by atoms with Crippen LogP contribution in [0.2, 0.25) is 0 Å². The molecule has 3 heteroatoms. The summed E-state index contributed by atoms with van der Waals surface area (Å²) in [7, 11) is -0.415. The highest BCUT2D eigenvalue weighted by Crippen LogP contribution is 2.54. The van der Waals surface area contributed by atoms with Gasteiger partial charge in [0, 0.05) is 18.4 Å². The van der Waals surface area contributed by atoms with E-state index in [9.17, 15) is 0 Å². The first kappa shape index (κ1) is 7.93. The predicted octanol–water partition coefficient (Wildman–Crippen LogP) is 2.03. The quantitative estimate of drug-likeness (QED) is 0.499. The standard InChI is InChI=1S/C10H12NOP/c1-8-9-4-2-3-5-10(9)13(12-8)11-6-7-11/h2-5,8H,6-7H2,1H3. The van der Waals surface area contributed by atoms with E-state index < -0.39 is 8.30 Å². The summed E-state index contributed by atoms with van der Waals surface area (Å²) in [6, 6.07) is 8.60. The molecule has 1 aromatic carbocycles. The van der Waals surface area contributed by atoms with E-state index in [-0.39, 0.29) is 0 Å². The second kappa shape index (κ2) is 2.78. The van der Waals surface area contributed by atoms with Crippen molar-refractivity contribution in [2.75, 3.05) is 13.1 Å². The molecule has 2 heterocycles. The summed E-state index contributed by atoms with van der Waals surface area (Å²) in [4.78, 5) is 0. The van der Waals surface area contributed by atoms with Crippen molar-refractivity contribution in [3.8, 4) is 0 Å². The summed E-state index contributed by atoms with van der Waals surface area (Å²) in [5.41, 5.74) is 1.39. The van der Waals surface area contributed by atoms with Gasteiger partial charge < -0.3 is 4.52 Å². The SMILES string of the molecule is CC1OP(N2CC2)c2ccccc21. The van der Waals surface area contributed by atoms with Gasteiger partial charge in [0.15, 0.2) is 0 Å². The van der Waals surface area contributed by atoms with Gasteiger partial charge in [0.1, 0.15) is 8.30 Å². The third-order valence-electron chi connectivity index (χ3n) is 2.52. The minimum atomic E-state index is -0.415. The fraction of sp³-hybridized carbons (Fsp3) is 0.400. The summed E-state index contributed by atoms with van der Waals surface area (Å²) < 4.78 is 8.36. The average Bonchev–Trinajstić information content (AvgIpc) is 2.94. The van der Waals surface area contributed by atoms with Crippen LogP contribution in [0.5, 0.6) is 0 Å². The molecule has 13 heavy (non-hydrogen) atoms. The Kier molecular flexibility index (Phi) is 1.69. The first-order valence-corrected chi connectivity index (χ1v) is 5.88. The van der Waals surface area contributed by atoms with E-state index in [4.69, 9.17) is 4.52 Å². The second-order valence-electron chi connectivity index (χ2n) is 3.53. The minimum Gasteiger partial charge on any atom is -0.332 e. The van der Waals surface area contributed by atoms with Crippen molar-refractivity contribution in [2.24, 2.45) is 0 Å². The molecule has 2 unspecified atom stereocenters. The van der Waals surface area contributed by atoms with Crippen LogP contribution in [0.3, 0.4) is 0 Å². The molecule has 0 aromatic heterocycles. The van der Waals surface area contributed by atoms with E-state index in [1.165, 1.54) is 24.0 Å². The molecule has 2 aliphatic heterocycles. The highest BCUT2D eigenvalue weighted by Gasteiger charge is 2.38. The Morgan fingerprint density at radius 3 is 2.92 bits per heavy atom. The maximum Gasteiger partial charge on any atom is 0.138 e. The van der Waals surface area contributed by atoms with Gasteiger partial charge >= 0.3 is 0 Å². The maximum atomic E-state index is 5.95. The molecule has 1 aromatic rings. The Labute approximate surface area is 79.4 Å². The van der Waals surface area contributed by atoms with Gasteiger partial charge in [-0.15, -0.1) is 0 Å². The zero-order chi connectivity index (χ0) is 8.84. The number of benzene rings is 1. The molecular weight excluding hydrogens is 181 g/mol. The van der Waals surface area contributed by atoms with Gasteiger partial charge in [-0.25, -0.2) is 0 Å². The van der Waals surface area contributed by atoms with Crippen LogP contribution in [0.25, 0.3) is 0 Å². The van der Waals surface area contributed by atoms with E-state index in [0.717, 1.165) is 0 Å². The lowest BCUT2D eigenvalue weighted by atomic mass is 10.1. The molecule has 0 aliphatic carbocycles. The summed E-state index contributed by atoms with van der Waals surface area (Å²) in [6.07, 6.45) is 0.294. The molecule has 68 valence electrons. The highest BCUT2D eigenvalue weighted by atomic mass is 31.2. The van der Waals surface area contributed by atoms with Crippen molar-refractivity contribution >= 4 is 13.6 Å². The van der Waals surface area contributed by atoms with Crippen LogP contribution in [0.15, 0.2) is 24.3 Å². The van der Waals surface area contributed by atoms with E-state index >= 15 is 0 Å². The van der Waals surface area contributed by atoms with Gasteiger partial charge in [0.05, 0.1) is 6.10 Å². The van der Waals surface area contributed by atoms with Crippen LogP contribution in [0.4, 0.5) is 0 Å². The average molecular weight is 193 g/mol. The molecule has 0 N–H and O–H groups in total. The molecule has 1 fully saturated rings. The molecular formula is C10H12NOP. The maximum absolute atomic E-state index is 5.95. The van der Waals surface area contributed by atoms with E-state index in [1.807, 2.05) is 0 Å². The zero-order valence-electron chi connectivity index (χ0n) is 7.60. The summed E-state index contributed by atoms with van der Waals surface area (Å²) >= 11 is 0. The van der Waals surface area contributed by atoms with Crippen molar-refractivity contribution < 1.29 is 4.52 Å². The number of hydrogen-bond donors (Lipinski definition) is 0. The molecule has 0 amide bonds.